The van der Waals surface area contributed by atoms with Crippen molar-refractivity contribution in [1.82, 2.24) is 4.31 Å². The van der Waals surface area contributed by atoms with Gasteiger partial charge < -0.3 is 19.2 Å². The number of sulfonamides is 1. The molecule has 9 heteroatoms. The molecule has 8 nitrogen and oxygen atoms in total. The van der Waals surface area contributed by atoms with E-state index in [1.54, 1.807) is 19.1 Å². The van der Waals surface area contributed by atoms with Crippen molar-refractivity contribution in [1.29, 1.82) is 0 Å². The van der Waals surface area contributed by atoms with Gasteiger partial charge in [0.1, 0.15) is 16.9 Å². The molecule has 3 aromatic carbocycles. The number of amides is 1. The van der Waals surface area contributed by atoms with Gasteiger partial charge in [-0.15, -0.1) is 0 Å². The molecule has 1 saturated heterocycles. The summed E-state index contributed by atoms with van der Waals surface area (Å²) in [5.41, 5.74) is 2.70. The Balaban J connectivity index is 1.49. The number of furan rings is 1. The SMILES string of the molecule is COc1cc2c(cc1NC(=O)c1cc(S(=O)(=O)N3CCOCC3)ccc1C)oc1ccccc12. The molecule has 0 spiro atoms. The van der Waals surface area contributed by atoms with E-state index in [2.05, 4.69) is 5.32 Å². The lowest BCUT2D eigenvalue weighted by Crippen LogP contribution is -2.40. The zero-order valence-electron chi connectivity index (χ0n) is 18.8. The predicted molar refractivity (Wildman–Crippen MR) is 129 cm³/mol. The number of nitrogens with one attached hydrogen (secondary N) is 1. The Morgan fingerprint density at radius 3 is 2.53 bits per heavy atom. The Labute approximate surface area is 197 Å². The minimum absolute atomic E-state index is 0.0739. The Bertz CT molecular complexity index is 1500. The molecule has 176 valence electrons. The Kier molecular flexibility index (Phi) is 5.76. The quantitative estimate of drug-likeness (QED) is 0.460. The van der Waals surface area contributed by atoms with Crippen LogP contribution in [0.3, 0.4) is 0 Å². The first kappa shape index (κ1) is 22.4. The van der Waals surface area contributed by atoms with Gasteiger partial charge in [0.15, 0.2) is 0 Å². The summed E-state index contributed by atoms with van der Waals surface area (Å²) >= 11 is 0. The van der Waals surface area contributed by atoms with E-state index in [9.17, 15) is 13.2 Å². The average molecular weight is 481 g/mol. The van der Waals surface area contributed by atoms with Crippen molar-refractivity contribution in [3.63, 3.8) is 0 Å². The smallest absolute Gasteiger partial charge is 0.256 e. The summed E-state index contributed by atoms with van der Waals surface area (Å²) in [4.78, 5) is 13.3. The summed E-state index contributed by atoms with van der Waals surface area (Å²) in [6.45, 7) is 3.03. The molecule has 0 aliphatic carbocycles. The highest BCUT2D eigenvalue weighted by molar-refractivity contribution is 7.89. The fourth-order valence-electron chi connectivity index (χ4n) is 4.15. The Morgan fingerprint density at radius 2 is 1.76 bits per heavy atom. The van der Waals surface area contributed by atoms with Crippen LogP contribution in [0.5, 0.6) is 5.75 Å². The molecule has 0 unspecified atom stereocenters. The van der Waals surface area contributed by atoms with Gasteiger partial charge >= 0.3 is 0 Å². The van der Waals surface area contributed by atoms with Gasteiger partial charge in [0.2, 0.25) is 10.0 Å². The first-order valence-corrected chi connectivity index (χ1v) is 12.3. The number of carbonyl (C=O) groups excluding carboxylic acids is 1. The number of hydrogen-bond acceptors (Lipinski definition) is 6. The Hall–Kier alpha value is -3.40. The molecule has 0 bridgehead atoms. The van der Waals surface area contributed by atoms with Gasteiger partial charge in [-0.2, -0.15) is 4.31 Å². The van der Waals surface area contributed by atoms with E-state index >= 15 is 0 Å². The maximum absolute atomic E-state index is 13.2. The summed E-state index contributed by atoms with van der Waals surface area (Å²) in [5.74, 6) is 0.0347. The van der Waals surface area contributed by atoms with Crippen LogP contribution in [-0.2, 0) is 14.8 Å². The van der Waals surface area contributed by atoms with E-state index in [4.69, 9.17) is 13.9 Å². The lowest BCUT2D eigenvalue weighted by atomic mass is 10.1. The van der Waals surface area contributed by atoms with Crippen molar-refractivity contribution in [2.24, 2.45) is 0 Å². The highest BCUT2D eigenvalue weighted by atomic mass is 32.2. The second kappa shape index (κ2) is 8.75. The molecule has 5 rings (SSSR count). The van der Waals surface area contributed by atoms with Crippen molar-refractivity contribution in [2.45, 2.75) is 11.8 Å². The van der Waals surface area contributed by atoms with Crippen LogP contribution in [0.15, 0.2) is 63.9 Å². The monoisotopic (exact) mass is 480 g/mol. The van der Waals surface area contributed by atoms with Gasteiger partial charge in [-0.3, -0.25) is 4.79 Å². The van der Waals surface area contributed by atoms with Gasteiger partial charge in [-0.05, 0) is 36.8 Å². The van der Waals surface area contributed by atoms with E-state index in [-0.39, 0.29) is 23.5 Å². The lowest BCUT2D eigenvalue weighted by molar-refractivity contribution is 0.0730. The molecule has 2 heterocycles. The van der Waals surface area contributed by atoms with Crippen molar-refractivity contribution in [3.8, 4) is 5.75 Å². The van der Waals surface area contributed by atoms with Gasteiger partial charge in [0.25, 0.3) is 5.91 Å². The normalized spacial score (nSPS) is 15.0. The number of hydrogen-bond donors (Lipinski definition) is 1. The molecule has 1 aliphatic heterocycles. The van der Waals surface area contributed by atoms with Crippen LogP contribution in [0.25, 0.3) is 21.9 Å². The summed E-state index contributed by atoms with van der Waals surface area (Å²) in [5, 5.41) is 4.69. The van der Waals surface area contributed by atoms with Crippen molar-refractivity contribution in [3.05, 3.63) is 65.7 Å². The molecule has 0 radical (unpaired) electrons. The molecule has 1 aliphatic rings. The van der Waals surface area contributed by atoms with Gasteiger partial charge in [0, 0.05) is 35.5 Å². The fraction of sp³-hybridized carbons (Fsp3) is 0.240. The van der Waals surface area contributed by atoms with Gasteiger partial charge in [0.05, 0.1) is 30.9 Å². The average Bonchev–Trinajstić information content (AvgIpc) is 3.21. The minimum atomic E-state index is -3.73. The molecule has 1 N–H and O–H groups in total. The highest BCUT2D eigenvalue weighted by Crippen LogP contribution is 2.36. The minimum Gasteiger partial charge on any atom is -0.495 e. The van der Waals surface area contributed by atoms with E-state index in [0.717, 1.165) is 16.4 Å². The van der Waals surface area contributed by atoms with Crippen LogP contribution in [0, 0.1) is 6.92 Å². The van der Waals surface area contributed by atoms with E-state index in [0.29, 0.717) is 35.8 Å². The van der Waals surface area contributed by atoms with Crippen molar-refractivity contribution >= 4 is 43.6 Å². The van der Waals surface area contributed by atoms with E-state index in [1.807, 2.05) is 30.3 Å². The van der Waals surface area contributed by atoms with Crippen LogP contribution in [0.4, 0.5) is 5.69 Å². The lowest BCUT2D eigenvalue weighted by Gasteiger charge is -2.26. The Morgan fingerprint density at radius 1 is 1.00 bits per heavy atom. The third-order valence-electron chi connectivity index (χ3n) is 6.01. The first-order chi connectivity index (χ1) is 16.4. The summed E-state index contributed by atoms with van der Waals surface area (Å²) in [6.07, 6.45) is 0. The molecule has 0 saturated carbocycles. The number of aryl methyl sites for hydroxylation is 1. The van der Waals surface area contributed by atoms with E-state index < -0.39 is 15.9 Å². The summed E-state index contributed by atoms with van der Waals surface area (Å²) < 4.78 is 44.2. The molecule has 1 fully saturated rings. The second-order valence-electron chi connectivity index (χ2n) is 8.09. The van der Waals surface area contributed by atoms with Gasteiger partial charge in [-0.25, -0.2) is 8.42 Å². The summed E-state index contributed by atoms with van der Waals surface area (Å²) in [7, 11) is -2.20. The zero-order valence-corrected chi connectivity index (χ0v) is 19.6. The number of nitrogens with zero attached hydrogens (tertiary/aromatic N) is 1. The van der Waals surface area contributed by atoms with Crippen molar-refractivity contribution < 1.29 is 27.1 Å². The molecular formula is C25H24N2O6S. The molecule has 1 amide bonds. The predicted octanol–water partition coefficient (Wildman–Crippen LogP) is 4.18. The number of fused-ring (bicyclic) bond motifs is 3. The van der Waals surface area contributed by atoms with Crippen LogP contribution in [0.2, 0.25) is 0 Å². The van der Waals surface area contributed by atoms with Crippen LogP contribution >= 0.6 is 0 Å². The maximum atomic E-state index is 13.2. The number of benzene rings is 3. The zero-order chi connectivity index (χ0) is 23.9. The number of morpholine rings is 1. The number of para-hydroxylation sites is 1. The second-order valence-corrected chi connectivity index (χ2v) is 10.0. The van der Waals surface area contributed by atoms with Crippen LogP contribution in [0.1, 0.15) is 15.9 Å². The topological polar surface area (TPSA) is 98.1 Å². The van der Waals surface area contributed by atoms with Crippen LogP contribution < -0.4 is 10.1 Å². The third kappa shape index (κ3) is 3.91. The number of anilines is 1. The third-order valence-corrected chi connectivity index (χ3v) is 7.90. The highest BCUT2D eigenvalue weighted by Gasteiger charge is 2.27. The first-order valence-electron chi connectivity index (χ1n) is 10.9. The molecule has 0 atom stereocenters. The molecule has 1 aromatic heterocycles. The number of rotatable bonds is 5. The molecule has 4 aromatic rings. The standard InChI is InChI=1S/C25H24N2O6S/c1-16-7-8-17(34(29,30)27-9-11-32-12-10-27)13-19(16)25(28)26-21-15-23-20(14-24(21)31-2)18-5-3-4-6-22(18)33-23/h3-8,13-15H,9-12H2,1-2H3,(H,26,28). The maximum Gasteiger partial charge on any atom is 0.256 e. The number of ether oxygens (including phenoxy) is 2. The van der Waals surface area contributed by atoms with Gasteiger partial charge in [-0.1, -0.05) is 24.3 Å². The van der Waals surface area contributed by atoms with E-state index in [1.165, 1.54) is 23.5 Å². The molecule has 34 heavy (non-hydrogen) atoms. The largest absolute Gasteiger partial charge is 0.495 e. The number of methoxy groups -OCH3 is 1. The van der Waals surface area contributed by atoms with Crippen molar-refractivity contribution in [2.75, 3.05) is 38.7 Å². The fourth-order valence-corrected chi connectivity index (χ4v) is 5.58. The number of carbonyl (C=O) groups is 1. The van der Waals surface area contributed by atoms with Crippen LogP contribution in [-0.4, -0.2) is 52.0 Å². The molecular weight excluding hydrogens is 456 g/mol. The summed E-state index contributed by atoms with van der Waals surface area (Å²) in [6, 6.07) is 15.8.